The molecule has 1 N–H and O–H groups in total. The van der Waals surface area contributed by atoms with E-state index in [0.717, 1.165) is 0 Å². The molecule has 4 nitrogen and oxygen atoms in total. The fraction of sp³-hybridized carbons (Fsp3) is 0.286. The predicted molar refractivity (Wildman–Crippen MR) is 73.2 cm³/mol. The maximum absolute atomic E-state index is 13.0. The highest BCUT2D eigenvalue weighted by Gasteiger charge is 2.14. The molecule has 0 unspecified atom stereocenters. The molecule has 0 aliphatic carbocycles. The second-order valence-corrected chi connectivity index (χ2v) is 5.11. The molecule has 2 aromatic rings. The molecule has 1 amide bonds. The molecule has 0 fully saturated rings. The number of hydrogen-bond donors (Lipinski definition) is 1. The zero-order valence-electron chi connectivity index (χ0n) is 11.1. The lowest BCUT2D eigenvalue weighted by molar-refractivity contribution is 0.0941. The second kappa shape index (κ2) is 6.05. The number of nitrogens with one attached hydrogen (secondary N) is 1. The van der Waals surface area contributed by atoms with Crippen LogP contribution < -0.4 is 5.32 Å². The van der Waals surface area contributed by atoms with Crippen LogP contribution >= 0.6 is 11.6 Å². The van der Waals surface area contributed by atoms with Crippen LogP contribution in [-0.2, 0) is 6.54 Å². The van der Waals surface area contributed by atoms with Gasteiger partial charge in [-0.05, 0) is 17.7 Å². The molecule has 0 aliphatic rings. The summed E-state index contributed by atoms with van der Waals surface area (Å²) in [6, 6.07) is 5.90. The Morgan fingerprint density at radius 3 is 2.80 bits per heavy atom. The first kappa shape index (κ1) is 14.5. The van der Waals surface area contributed by atoms with Gasteiger partial charge in [0.25, 0.3) is 5.91 Å². The fourth-order valence-corrected chi connectivity index (χ4v) is 1.79. The molecule has 0 radical (unpaired) electrons. The molecule has 2 rings (SSSR count). The number of halogens is 2. The molecule has 0 atom stereocenters. The topological polar surface area (TPSA) is 55.1 Å². The Hall–Kier alpha value is -1.88. The van der Waals surface area contributed by atoms with E-state index in [0.29, 0.717) is 11.3 Å². The van der Waals surface area contributed by atoms with Crippen LogP contribution in [-0.4, -0.2) is 11.1 Å². The number of amides is 1. The molecule has 0 aliphatic heterocycles. The summed E-state index contributed by atoms with van der Waals surface area (Å²) in [7, 11) is 0. The average molecular weight is 297 g/mol. The van der Waals surface area contributed by atoms with Crippen molar-refractivity contribution < 1.29 is 13.7 Å². The van der Waals surface area contributed by atoms with Crippen molar-refractivity contribution in [1.29, 1.82) is 0 Å². The molecule has 0 saturated carbocycles. The molecule has 0 spiro atoms. The van der Waals surface area contributed by atoms with E-state index in [9.17, 15) is 9.18 Å². The number of hydrogen-bond acceptors (Lipinski definition) is 3. The molecule has 1 aromatic carbocycles. The first-order valence-electron chi connectivity index (χ1n) is 6.16. The fourth-order valence-electron chi connectivity index (χ4n) is 1.59. The monoisotopic (exact) mass is 296 g/mol. The first-order valence-corrected chi connectivity index (χ1v) is 6.54. The molecule has 1 heterocycles. The Bertz CT molecular complexity index is 625. The van der Waals surface area contributed by atoms with Gasteiger partial charge in [-0.2, -0.15) is 0 Å². The summed E-state index contributed by atoms with van der Waals surface area (Å²) in [6.07, 6.45) is 0. The van der Waals surface area contributed by atoms with Gasteiger partial charge in [-0.15, -0.1) is 0 Å². The Morgan fingerprint density at radius 1 is 1.45 bits per heavy atom. The van der Waals surface area contributed by atoms with E-state index in [4.69, 9.17) is 16.1 Å². The number of carbonyl (C=O) groups is 1. The lowest BCUT2D eigenvalue weighted by atomic mass is 10.1. The summed E-state index contributed by atoms with van der Waals surface area (Å²) in [5, 5.41) is 6.41. The highest BCUT2D eigenvalue weighted by molar-refractivity contribution is 6.30. The summed E-state index contributed by atoms with van der Waals surface area (Å²) in [5.41, 5.74) is 0.930. The minimum absolute atomic E-state index is 0.0280. The summed E-state index contributed by atoms with van der Waals surface area (Å²) >= 11 is 5.67. The largest absolute Gasteiger partial charge is 0.360 e. The van der Waals surface area contributed by atoms with Gasteiger partial charge >= 0.3 is 0 Å². The lowest BCUT2D eigenvalue weighted by Crippen LogP contribution is -2.23. The number of carbonyl (C=O) groups excluding carboxylic acids is 1. The Balaban J connectivity index is 1.99. The SMILES string of the molecule is CC(C)c1cc(C(=O)NCc2ccc(F)c(Cl)c2)no1. The summed E-state index contributed by atoms with van der Waals surface area (Å²) in [6.45, 7) is 4.13. The van der Waals surface area contributed by atoms with Crippen molar-refractivity contribution in [2.75, 3.05) is 0 Å². The first-order chi connectivity index (χ1) is 9.47. The van der Waals surface area contributed by atoms with Gasteiger partial charge in [-0.1, -0.05) is 36.7 Å². The number of nitrogens with zero attached hydrogens (tertiary/aromatic N) is 1. The minimum atomic E-state index is -0.486. The van der Waals surface area contributed by atoms with Crippen molar-refractivity contribution in [3.8, 4) is 0 Å². The van der Waals surface area contributed by atoms with Gasteiger partial charge in [0, 0.05) is 18.5 Å². The quantitative estimate of drug-likeness (QED) is 0.939. The Morgan fingerprint density at radius 2 is 2.20 bits per heavy atom. The van der Waals surface area contributed by atoms with Gasteiger partial charge in [0.05, 0.1) is 5.02 Å². The van der Waals surface area contributed by atoms with E-state index in [1.54, 1.807) is 12.1 Å². The molecule has 0 bridgehead atoms. The number of rotatable bonds is 4. The van der Waals surface area contributed by atoms with E-state index in [-0.39, 0.29) is 29.1 Å². The maximum Gasteiger partial charge on any atom is 0.273 e. The lowest BCUT2D eigenvalue weighted by Gasteiger charge is -2.04. The third-order valence-electron chi connectivity index (χ3n) is 2.77. The van der Waals surface area contributed by atoms with Crippen molar-refractivity contribution in [2.24, 2.45) is 0 Å². The zero-order valence-corrected chi connectivity index (χ0v) is 11.9. The molecule has 6 heteroatoms. The normalized spacial score (nSPS) is 10.8. The molecule has 0 saturated heterocycles. The van der Waals surface area contributed by atoms with Crippen molar-refractivity contribution in [3.05, 3.63) is 52.1 Å². The molecule has 1 aromatic heterocycles. The predicted octanol–water partition coefficient (Wildman–Crippen LogP) is 3.52. The van der Waals surface area contributed by atoms with Crippen LogP contribution in [0.4, 0.5) is 4.39 Å². The van der Waals surface area contributed by atoms with Crippen molar-refractivity contribution in [2.45, 2.75) is 26.3 Å². The van der Waals surface area contributed by atoms with Crippen LogP contribution in [0.25, 0.3) is 0 Å². The van der Waals surface area contributed by atoms with Gasteiger partial charge in [-0.25, -0.2) is 4.39 Å². The smallest absolute Gasteiger partial charge is 0.273 e. The Labute approximate surface area is 120 Å². The summed E-state index contributed by atoms with van der Waals surface area (Å²) < 4.78 is 18.1. The van der Waals surface area contributed by atoms with Crippen LogP contribution in [0.1, 0.15) is 41.6 Å². The van der Waals surface area contributed by atoms with Gasteiger partial charge < -0.3 is 9.84 Å². The highest BCUT2D eigenvalue weighted by atomic mass is 35.5. The van der Waals surface area contributed by atoms with Crippen molar-refractivity contribution in [1.82, 2.24) is 10.5 Å². The van der Waals surface area contributed by atoms with Crippen LogP contribution in [0.15, 0.2) is 28.8 Å². The van der Waals surface area contributed by atoms with E-state index in [1.165, 1.54) is 12.1 Å². The number of aromatic nitrogens is 1. The molecular formula is C14H14ClFN2O2. The molecule has 106 valence electrons. The van der Waals surface area contributed by atoms with Gasteiger partial charge in [0.1, 0.15) is 11.6 Å². The van der Waals surface area contributed by atoms with Crippen LogP contribution in [0.3, 0.4) is 0 Å². The Kier molecular flexibility index (Phi) is 4.39. The van der Waals surface area contributed by atoms with Crippen molar-refractivity contribution >= 4 is 17.5 Å². The third-order valence-corrected chi connectivity index (χ3v) is 3.06. The second-order valence-electron chi connectivity index (χ2n) is 4.70. The van der Waals surface area contributed by atoms with Gasteiger partial charge in [-0.3, -0.25) is 4.79 Å². The highest BCUT2D eigenvalue weighted by Crippen LogP contribution is 2.17. The van der Waals surface area contributed by atoms with E-state index in [1.807, 2.05) is 13.8 Å². The molecule has 20 heavy (non-hydrogen) atoms. The maximum atomic E-state index is 13.0. The van der Waals surface area contributed by atoms with Gasteiger partial charge in [0.2, 0.25) is 0 Å². The number of benzene rings is 1. The van der Waals surface area contributed by atoms with Crippen LogP contribution in [0.2, 0.25) is 5.02 Å². The summed E-state index contributed by atoms with van der Waals surface area (Å²) in [5.74, 6) is -0.0131. The summed E-state index contributed by atoms with van der Waals surface area (Å²) in [4.78, 5) is 11.9. The zero-order chi connectivity index (χ0) is 14.7. The van der Waals surface area contributed by atoms with Crippen LogP contribution in [0.5, 0.6) is 0 Å². The van der Waals surface area contributed by atoms with E-state index in [2.05, 4.69) is 10.5 Å². The minimum Gasteiger partial charge on any atom is -0.360 e. The van der Waals surface area contributed by atoms with E-state index >= 15 is 0 Å². The van der Waals surface area contributed by atoms with Crippen molar-refractivity contribution in [3.63, 3.8) is 0 Å². The molecular weight excluding hydrogens is 283 g/mol. The van der Waals surface area contributed by atoms with E-state index < -0.39 is 5.82 Å². The van der Waals surface area contributed by atoms with Crippen LogP contribution in [0, 0.1) is 5.82 Å². The standard InChI is InChI=1S/C14H14ClFN2O2/c1-8(2)13-6-12(18-20-13)14(19)17-7-9-3-4-11(16)10(15)5-9/h3-6,8H,7H2,1-2H3,(H,17,19). The third kappa shape index (κ3) is 3.36. The average Bonchev–Trinajstić information content (AvgIpc) is 2.89. The van der Waals surface area contributed by atoms with Gasteiger partial charge in [0.15, 0.2) is 5.69 Å².